The Labute approximate surface area is 111 Å². The number of aryl methyl sites for hydroxylation is 1. The number of piperazine rings is 1. The zero-order valence-electron chi connectivity index (χ0n) is 11.9. The molecule has 1 aromatic rings. The van der Waals surface area contributed by atoms with E-state index < -0.39 is 0 Å². The largest absolute Gasteiger partial charge is 0.464 e. The average molecular weight is 250 g/mol. The van der Waals surface area contributed by atoms with Crippen LogP contribution >= 0.6 is 0 Å². The lowest BCUT2D eigenvalue weighted by molar-refractivity contribution is 0.134. The fourth-order valence-electron chi connectivity index (χ4n) is 2.65. The SMILES string of the molecule is CCc1ccc([C@@H](CC(C)C)N2CCNCC2)o1. The van der Waals surface area contributed by atoms with Gasteiger partial charge in [0.05, 0.1) is 6.04 Å². The standard InChI is InChI=1S/C15H26N2O/c1-4-13-5-6-15(18-13)14(11-12(2)3)17-9-7-16-8-10-17/h5-6,12,14,16H,4,7-11H2,1-3H3/t14-/m1/s1. The van der Waals surface area contributed by atoms with Crippen LogP contribution in [0.2, 0.25) is 0 Å². The molecule has 1 aromatic heterocycles. The summed E-state index contributed by atoms with van der Waals surface area (Å²) in [6.45, 7) is 11.2. The molecule has 3 heteroatoms. The summed E-state index contributed by atoms with van der Waals surface area (Å²) in [4.78, 5) is 2.56. The Morgan fingerprint density at radius 1 is 1.28 bits per heavy atom. The third-order valence-corrected chi connectivity index (χ3v) is 3.65. The zero-order chi connectivity index (χ0) is 13.0. The molecule has 1 atom stereocenters. The van der Waals surface area contributed by atoms with Gasteiger partial charge in [0.15, 0.2) is 0 Å². The maximum atomic E-state index is 5.99. The Hall–Kier alpha value is -0.800. The van der Waals surface area contributed by atoms with Crippen LogP contribution in [0.4, 0.5) is 0 Å². The Morgan fingerprint density at radius 3 is 2.56 bits per heavy atom. The third kappa shape index (κ3) is 3.36. The van der Waals surface area contributed by atoms with Crippen LogP contribution < -0.4 is 5.32 Å². The van der Waals surface area contributed by atoms with E-state index in [1.54, 1.807) is 0 Å². The van der Waals surface area contributed by atoms with Gasteiger partial charge in [-0.15, -0.1) is 0 Å². The van der Waals surface area contributed by atoms with E-state index >= 15 is 0 Å². The molecule has 0 aliphatic carbocycles. The summed E-state index contributed by atoms with van der Waals surface area (Å²) in [5.74, 6) is 2.96. The Kier molecular flexibility index (Phi) is 4.84. The first-order valence-electron chi connectivity index (χ1n) is 7.24. The van der Waals surface area contributed by atoms with Crippen LogP contribution in [0.25, 0.3) is 0 Å². The summed E-state index contributed by atoms with van der Waals surface area (Å²) in [6, 6.07) is 4.76. The summed E-state index contributed by atoms with van der Waals surface area (Å²) >= 11 is 0. The Morgan fingerprint density at radius 2 is 2.00 bits per heavy atom. The van der Waals surface area contributed by atoms with Crippen molar-refractivity contribution in [1.29, 1.82) is 0 Å². The minimum Gasteiger partial charge on any atom is -0.464 e. The van der Waals surface area contributed by atoms with E-state index in [0.717, 1.165) is 44.1 Å². The summed E-state index contributed by atoms with van der Waals surface area (Å²) in [5.41, 5.74) is 0. The van der Waals surface area contributed by atoms with E-state index in [4.69, 9.17) is 4.42 Å². The molecule has 1 N–H and O–H groups in total. The van der Waals surface area contributed by atoms with Crippen LogP contribution in [0.5, 0.6) is 0 Å². The normalized spacial score (nSPS) is 19.3. The maximum Gasteiger partial charge on any atom is 0.121 e. The van der Waals surface area contributed by atoms with E-state index in [1.165, 1.54) is 6.42 Å². The second-order valence-corrected chi connectivity index (χ2v) is 5.59. The highest BCUT2D eigenvalue weighted by atomic mass is 16.3. The zero-order valence-corrected chi connectivity index (χ0v) is 11.9. The van der Waals surface area contributed by atoms with Gasteiger partial charge in [-0.25, -0.2) is 0 Å². The van der Waals surface area contributed by atoms with Crippen molar-refractivity contribution in [3.8, 4) is 0 Å². The van der Waals surface area contributed by atoms with Gasteiger partial charge in [-0.05, 0) is 24.5 Å². The fraction of sp³-hybridized carbons (Fsp3) is 0.733. The van der Waals surface area contributed by atoms with Crippen LogP contribution in [0.1, 0.15) is 44.8 Å². The van der Waals surface area contributed by atoms with E-state index in [2.05, 4.69) is 43.1 Å². The monoisotopic (exact) mass is 250 g/mol. The third-order valence-electron chi connectivity index (χ3n) is 3.65. The quantitative estimate of drug-likeness (QED) is 0.871. The molecule has 0 spiro atoms. The molecule has 3 nitrogen and oxygen atoms in total. The predicted molar refractivity (Wildman–Crippen MR) is 74.7 cm³/mol. The van der Waals surface area contributed by atoms with E-state index in [0.29, 0.717) is 12.0 Å². The predicted octanol–water partition coefficient (Wildman–Crippen LogP) is 2.83. The number of nitrogens with zero attached hydrogens (tertiary/aromatic N) is 1. The summed E-state index contributed by atoms with van der Waals surface area (Å²) < 4.78 is 5.99. The van der Waals surface area contributed by atoms with Crippen molar-refractivity contribution < 1.29 is 4.42 Å². The van der Waals surface area contributed by atoms with E-state index in [9.17, 15) is 0 Å². The molecule has 0 bridgehead atoms. The molecule has 18 heavy (non-hydrogen) atoms. The first-order valence-corrected chi connectivity index (χ1v) is 7.24. The van der Waals surface area contributed by atoms with Crippen LogP contribution in [0.3, 0.4) is 0 Å². The molecule has 0 amide bonds. The van der Waals surface area contributed by atoms with Crippen molar-refractivity contribution in [2.75, 3.05) is 26.2 Å². The fourth-order valence-corrected chi connectivity index (χ4v) is 2.65. The number of nitrogens with one attached hydrogen (secondary N) is 1. The lowest BCUT2D eigenvalue weighted by Gasteiger charge is -2.34. The van der Waals surface area contributed by atoms with Gasteiger partial charge in [-0.2, -0.15) is 0 Å². The topological polar surface area (TPSA) is 28.4 Å². The maximum absolute atomic E-state index is 5.99. The second kappa shape index (κ2) is 6.39. The van der Waals surface area contributed by atoms with E-state index in [-0.39, 0.29) is 0 Å². The molecule has 102 valence electrons. The van der Waals surface area contributed by atoms with Crippen molar-refractivity contribution in [2.45, 2.75) is 39.7 Å². The molecule has 1 aliphatic heterocycles. The molecule has 2 heterocycles. The van der Waals surface area contributed by atoms with Crippen molar-refractivity contribution in [2.24, 2.45) is 5.92 Å². The lowest BCUT2D eigenvalue weighted by atomic mass is 10.00. The summed E-state index contributed by atoms with van der Waals surface area (Å²) in [7, 11) is 0. The van der Waals surface area contributed by atoms with Gasteiger partial charge in [0.1, 0.15) is 11.5 Å². The number of rotatable bonds is 5. The second-order valence-electron chi connectivity index (χ2n) is 5.59. The molecule has 1 saturated heterocycles. The minimum atomic E-state index is 0.451. The van der Waals surface area contributed by atoms with Gasteiger partial charge in [0.2, 0.25) is 0 Å². The summed E-state index contributed by atoms with van der Waals surface area (Å²) in [6.07, 6.45) is 2.16. The molecule has 1 fully saturated rings. The first kappa shape index (κ1) is 13.6. The average Bonchev–Trinajstić information content (AvgIpc) is 2.85. The molecule has 0 unspecified atom stereocenters. The van der Waals surface area contributed by atoms with Gasteiger partial charge in [-0.3, -0.25) is 4.90 Å². The van der Waals surface area contributed by atoms with Crippen LogP contribution in [0, 0.1) is 5.92 Å². The van der Waals surface area contributed by atoms with Crippen LogP contribution in [-0.4, -0.2) is 31.1 Å². The first-order chi connectivity index (χ1) is 8.70. The molecule has 2 rings (SSSR count). The van der Waals surface area contributed by atoms with Gasteiger partial charge in [0, 0.05) is 32.6 Å². The number of furan rings is 1. The molecule has 0 aromatic carbocycles. The molecular weight excluding hydrogens is 224 g/mol. The highest BCUT2D eigenvalue weighted by molar-refractivity contribution is 5.11. The number of hydrogen-bond acceptors (Lipinski definition) is 3. The number of hydrogen-bond donors (Lipinski definition) is 1. The Balaban J connectivity index is 2.12. The van der Waals surface area contributed by atoms with Crippen LogP contribution in [-0.2, 0) is 6.42 Å². The van der Waals surface area contributed by atoms with E-state index in [1.807, 2.05) is 0 Å². The van der Waals surface area contributed by atoms with Crippen molar-refractivity contribution in [3.05, 3.63) is 23.7 Å². The van der Waals surface area contributed by atoms with Crippen LogP contribution in [0.15, 0.2) is 16.5 Å². The lowest BCUT2D eigenvalue weighted by Crippen LogP contribution is -2.45. The highest BCUT2D eigenvalue weighted by Gasteiger charge is 2.25. The molecular formula is C15H26N2O. The summed E-state index contributed by atoms with van der Waals surface area (Å²) in [5, 5.41) is 3.42. The van der Waals surface area contributed by atoms with Gasteiger partial charge in [0.25, 0.3) is 0 Å². The molecule has 0 saturated carbocycles. The highest BCUT2D eigenvalue weighted by Crippen LogP contribution is 2.29. The van der Waals surface area contributed by atoms with Gasteiger partial charge >= 0.3 is 0 Å². The Bertz CT molecular complexity index is 353. The molecule has 0 radical (unpaired) electrons. The smallest absolute Gasteiger partial charge is 0.121 e. The van der Waals surface area contributed by atoms with Crippen molar-refractivity contribution in [1.82, 2.24) is 10.2 Å². The minimum absolute atomic E-state index is 0.451. The van der Waals surface area contributed by atoms with Crippen molar-refractivity contribution >= 4 is 0 Å². The van der Waals surface area contributed by atoms with Gasteiger partial charge in [-0.1, -0.05) is 20.8 Å². The van der Waals surface area contributed by atoms with Crippen molar-refractivity contribution in [3.63, 3.8) is 0 Å². The van der Waals surface area contributed by atoms with Gasteiger partial charge < -0.3 is 9.73 Å². The molecule has 1 aliphatic rings.